The number of amides is 1. The molecule has 0 saturated heterocycles. The third-order valence-electron chi connectivity index (χ3n) is 2.99. The van der Waals surface area contributed by atoms with E-state index in [2.05, 4.69) is 6.92 Å². The van der Waals surface area contributed by atoms with Gasteiger partial charge in [-0.15, -0.1) is 0 Å². The van der Waals surface area contributed by atoms with Gasteiger partial charge in [-0.05, 0) is 17.7 Å². The van der Waals surface area contributed by atoms with Crippen LogP contribution in [-0.2, 0) is 16.0 Å². The van der Waals surface area contributed by atoms with Gasteiger partial charge in [0.15, 0.2) is 0 Å². The maximum absolute atomic E-state index is 12.0. The van der Waals surface area contributed by atoms with Gasteiger partial charge in [-0.1, -0.05) is 37.3 Å². The van der Waals surface area contributed by atoms with Crippen LogP contribution in [0.5, 0.6) is 0 Å². The summed E-state index contributed by atoms with van der Waals surface area (Å²) in [5.74, 6) is 0.149. The number of aliphatic carboxylic acids is 1. The van der Waals surface area contributed by atoms with Crippen LogP contribution in [0.3, 0.4) is 0 Å². The summed E-state index contributed by atoms with van der Waals surface area (Å²) in [5.41, 5.74) is 0.917. The Morgan fingerprint density at radius 2 is 1.95 bits per heavy atom. The minimum atomic E-state index is -0.967. The van der Waals surface area contributed by atoms with Gasteiger partial charge in [-0.25, -0.2) is 4.79 Å². The molecule has 1 unspecified atom stereocenters. The van der Waals surface area contributed by atoms with E-state index >= 15 is 0 Å². The summed E-state index contributed by atoms with van der Waals surface area (Å²) in [6, 6.07) is 8.56. The highest BCUT2D eigenvalue weighted by atomic mass is 32.2. The molecule has 4 nitrogen and oxygen atoms in total. The van der Waals surface area contributed by atoms with E-state index in [1.807, 2.05) is 30.3 Å². The van der Waals surface area contributed by atoms with Crippen molar-refractivity contribution < 1.29 is 14.7 Å². The van der Waals surface area contributed by atoms with Gasteiger partial charge in [0.05, 0.1) is 5.75 Å². The second-order valence-corrected chi connectivity index (χ2v) is 5.71. The number of carboxylic acid groups (broad SMARTS) is 1. The third-order valence-corrected chi connectivity index (χ3v) is 4.14. The van der Waals surface area contributed by atoms with Crippen LogP contribution in [0, 0.1) is 0 Å². The predicted octanol–water partition coefficient (Wildman–Crippen LogP) is 2.28. The van der Waals surface area contributed by atoms with Crippen molar-refractivity contribution in [3.05, 3.63) is 35.9 Å². The van der Waals surface area contributed by atoms with E-state index < -0.39 is 12.0 Å². The monoisotopic (exact) mass is 295 g/mol. The fourth-order valence-electron chi connectivity index (χ4n) is 1.81. The van der Waals surface area contributed by atoms with Gasteiger partial charge in [-0.3, -0.25) is 4.79 Å². The predicted molar refractivity (Wildman–Crippen MR) is 82.0 cm³/mol. The maximum Gasteiger partial charge on any atom is 0.326 e. The average Bonchev–Trinajstić information content (AvgIpc) is 2.45. The molecule has 0 aliphatic heterocycles. The van der Waals surface area contributed by atoms with Gasteiger partial charge < -0.3 is 10.0 Å². The lowest BCUT2D eigenvalue weighted by Crippen LogP contribution is -2.44. The Kier molecular flexibility index (Phi) is 7.15. The molecule has 0 fully saturated rings. The van der Waals surface area contributed by atoms with Crippen LogP contribution in [-0.4, -0.2) is 46.5 Å². The van der Waals surface area contributed by atoms with Crippen molar-refractivity contribution in [1.82, 2.24) is 4.90 Å². The number of benzene rings is 1. The van der Waals surface area contributed by atoms with Crippen LogP contribution in [0.4, 0.5) is 0 Å². The van der Waals surface area contributed by atoms with Crippen molar-refractivity contribution in [2.75, 3.05) is 18.6 Å². The number of rotatable bonds is 8. The van der Waals surface area contributed by atoms with E-state index in [4.69, 9.17) is 0 Å². The second kappa shape index (κ2) is 8.64. The molecule has 1 atom stereocenters. The molecule has 0 bridgehead atoms. The highest BCUT2D eigenvalue weighted by Gasteiger charge is 2.26. The number of carboxylic acids is 1. The first-order chi connectivity index (χ1) is 9.56. The second-order valence-electron chi connectivity index (χ2n) is 4.60. The van der Waals surface area contributed by atoms with Crippen LogP contribution in [0.15, 0.2) is 30.3 Å². The number of likely N-dealkylation sites (N-methyl/N-ethyl adjacent to an activating group) is 1. The number of carbonyl (C=O) groups is 2. The number of hydrogen-bond acceptors (Lipinski definition) is 3. The molecule has 5 heteroatoms. The molecule has 1 rings (SSSR count). The molecule has 1 N–H and O–H groups in total. The summed E-state index contributed by atoms with van der Waals surface area (Å²) in [6.45, 7) is 2.05. The van der Waals surface area contributed by atoms with Gasteiger partial charge in [0, 0.05) is 13.5 Å². The smallest absolute Gasteiger partial charge is 0.326 e. The lowest BCUT2D eigenvalue weighted by Gasteiger charge is -2.25. The highest BCUT2D eigenvalue weighted by molar-refractivity contribution is 7.99. The largest absolute Gasteiger partial charge is 0.480 e. The zero-order chi connectivity index (χ0) is 15.0. The number of hydrogen-bond donors (Lipinski definition) is 1. The minimum absolute atomic E-state index is 0.133. The van der Waals surface area contributed by atoms with Crippen molar-refractivity contribution in [3.8, 4) is 0 Å². The molecule has 1 aromatic rings. The summed E-state index contributed by atoms with van der Waals surface area (Å²) in [7, 11) is 1.57. The molecule has 20 heavy (non-hydrogen) atoms. The van der Waals surface area contributed by atoms with Crippen molar-refractivity contribution in [2.45, 2.75) is 25.8 Å². The molecule has 0 spiro atoms. The van der Waals surface area contributed by atoms with E-state index in [1.54, 1.807) is 18.8 Å². The van der Waals surface area contributed by atoms with Gasteiger partial charge in [0.25, 0.3) is 0 Å². The van der Waals surface area contributed by atoms with Crippen molar-refractivity contribution in [3.63, 3.8) is 0 Å². The van der Waals surface area contributed by atoms with Crippen LogP contribution in [0.1, 0.15) is 18.9 Å². The zero-order valence-electron chi connectivity index (χ0n) is 11.9. The Labute approximate surface area is 124 Å². The van der Waals surface area contributed by atoms with Crippen LogP contribution < -0.4 is 0 Å². The fourth-order valence-corrected chi connectivity index (χ4v) is 2.62. The average molecular weight is 295 g/mol. The third kappa shape index (κ3) is 5.25. The van der Waals surface area contributed by atoms with Gasteiger partial charge in [-0.2, -0.15) is 11.8 Å². The first-order valence-electron chi connectivity index (χ1n) is 6.66. The summed E-state index contributed by atoms with van der Waals surface area (Å²) in [6.07, 6.45) is 1.34. The molecule has 1 amide bonds. The highest BCUT2D eigenvalue weighted by Crippen LogP contribution is 2.11. The molecule has 0 aromatic heterocycles. The van der Waals surface area contributed by atoms with Crippen molar-refractivity contribution in [1.29, 1.82) is 0 Å². The molecule has 0 radical (unpaired) electrons. The van der Waals surface area contributed by atoms with Crippen molar-refractivity contribution >= 4 is 23.6 Å². The van der Waals surface area contributed by atoms with Gasteiger partial charge in [0.2, 0.25) is 5.91 Å². The Bertz CT molecular complexity index is 436. The molecule has 0 heterocycles. The maximum atomic E-state index is 12.0. The molecular formula is C15H21NO3S. The summed E-state index contributed by atoms with van der Waals surface area (Å²) >= 11 is 1.54. The lowest BCUT2D eigenvalue weighted by atomic mass is 10.1. The number of thioether (sulfide) groups is 1. The topological polar surface area (TPSA) is 57.6 Å². The number of carbonyl (C=O) groups excluding carboxylic acids is 1. The molecule has 1 aromatic carbocycles. The van der Waals surface area contributed by atoms with E-state index in [0.717, 1.165) is 17.7 Å². The molecule has 0 saturated carbocycles. The fraction of sp³-hybridized carbons (Fsp3) is 0.467. The van der Waals surface area contributed by atoms with E-state index in [9.17, 15) is 14.7 Å². The summed E-state index contributed by atoms with van der Waals surface area (Å²) in [4.78, 5) is 24.7. The lowest BCUT2D eigenvalue weighted by molar-refractivity contribution is -0.148. The van der Waals surface area contributed by atoms with E-state index in [1.165, 1.54) is 4.90 Å². The van der Waals surface area contributed by atoms with Crippen LogP contribution >= 0.6 is 11.8 Å². The van der Waals surface area contributed by atoms with Crippen molar-refractivity contribution in [2.24, 2.45) is 0 Å². The van der Waals surface area contributed by atoms with Gasteiger partial charge >= 0.3 is 5.97 Å². The van der Waals surface area contributed by atoms with E-state index in [-0.39, 0.29) is 5.91 Å². The quantitative estimate of drug-likeness (QED) is 0.748. The van der Waals surface area contributed by atoms with Gasteiger partial charge in [0.1, 0.15) is 6.04 Å². The molecule has 0 aliphatic rings. The number of nitrogens with zero attached hydrogens (tertiary/aromatic N) is 1. The Morgan fingerprint density at radius 1 is 1.30 bits per heavy atom. The van der Waals surface area contributed by atoms with Crippen LogP contribution in [0.2, 0.25) is 0 Å². The molecular weight excluding hydrogens is 274 g/mol. The Balaban J connectivity index is 2.65. The normalized spacial score (nSPS) is 11.9. The first kappa shape index (κ1) is 16.6. The Hall–Kier alpha value is -1.49. The van der Waals surface area contributed by atoms with E-state index in [0.29, 0.717) is 12.2 Å². The molecule has 0 aliphatic carbocycles. The minimum Gasteiger partial charge on any atom is -0.480 e. The van der Waals surface area contributed by atoms with Crippen LogP contribution in [0.25, 0.3) is 0 Å². The first-order valence-corrected chi connectivity index (χ1v) is 7.81. The Morgan fingerprint density at radius 3 is 2.50 bits per heavy atom. The standard InChI is InChI=1S/C15H21NO3S/c1-3-9-20-11-14(17)16(2)13(15(18)19)10-12-7-5-4-6-8-12/h4-8,13H,3,9-11H2,1-2H3,(H,18,19). The zero-order valence-corrected chi connectivity index (χ0v) is 12.7. The molecule has 110 valence electrons. The SMILES string of the molecule is CCCSCC(=O)N(C)C(Cc1ccccc1)C(=O)O. The summed E-state index contributed by atoms with van der Waals surface area (Å²) < 4.78 is 0. The summed E-state index contributed by atoms with van der Waals surface area (Å²) in [5, 5.41) is 9.32.